The molecule has 5 heteroatoms. The van der Waals surface area contributed by atoms with Crippen LogP contribution in [0.3, 0.4) is 0 Å². The maximum atomic E-state index is 12.1. The first-order valence-electron chi connectivity index (χ1n) is 6.41. The number of carbonyl (C=O) groups is 2. The maximum Gasteiger partial charge on any atom is 0.310 e. The standard InChI is InChI=1S/C13H23NO4/c1-10(9-18-3)14(2)11(15)8-13(12(16)17)6-4-5-7-13/h10H,4-9H2,1-3H3,(H,16,17). The molecule has 0 aromatic heterocycles. The largest absolute Gasteiger partial charge is 0.481 e. The first kappa shape index (κ1) is 15.0. The lowest BCUT2D eigenvalue weighted by atomic mass is 9.82. The van der Waals surface area contributed by atoms with Crippen LogP contribution in [0.25, 0.3) is 0 Å². The van der Waals surface area contributed by atoms with Crippen molar-refractivity contribution < 1.29 is 19.4 Å². The van der Waals surface area contributed by atoms with E-state index in [0.717, 1.165) is 12.8 Å². The van der Waals surface area contributed by atoms with Gasteiger partial charge in [0.2, 0.25) is 5.91 Å². The fraction of sp³-hybridized carbons (Fsp3) is 0.846. The van der Waals surface area contributed by atoms with Crippen molar-refractivity contribution in [2.24, 2.45) is 5.41 Å². The third-order valence-electron chi connectivity index (χ3n) is 3.97. The molecular formula is C13H23NO4. The number of ether oxygens (including phenoxy) is 1. The van der Waals surface area contributed by atoms with Crippen LogP contribution in [0, 0.1) is 5.41 Å². The molecule has 0 aliphatic heterocycles. The number of methoxy groups -OCH3 is 1. The third kappa shape index (κ3) is 3.22. The number of aliphatic carboxylic acids is 1. The van der Waals surface area contributed by atoms with Crippen molar-refractivity contribution in [1.29, 1.82) is 0 Å². The number of likely N-dealkylation sites (N-methyl/N-ethyl adjacent to an activating group) is 1. The molecule has 0 aromatic rings. The summed E-state index contributed by atoms with van der Waals surface area (Å²) in [5.41, 5.74) is -0.835. The Kier molecular flexibility index (Phi) is 5.14. The van der Waals surface area contributed by atoms with Crippen LogP contribution in [0.5, 0.6) is 0 Å². The molecule has 0 saturated heterocycles. The second-order valence-electron chi connectivity index (χ2n) is 5.28. The fourth-order valence-corrected chi connectivity index (χ4v) is 2.53. The normalized spacial score (nSPS) is 19.5. The first-order valence-corrected chi connectivity index (χ1v) is 6.41. The van der Waals surface area contributed by atoms with Crippen molar-refractivity contribution >= 4 is 11.9 Å². The van der Waals surface area contributed by atoms with Crippen LogP contribution in [0.4, 0.5) is 0 Å². The van der Waals surface area contributed by atoms with E-state index >= 15 is 0 Å². The summed E-state index contributed by atoms with van der Waals surface area (Å²) in [6.07, 6.45) is 3.13. The molecule has 1 aliphatic rings. The molecule has 1 amide bonds. The zero-order valence-electron chi connectivity index (χ0n) is 11.4. The van der Waals surface area contributed by atoms with E-state index in [0.29, 0.717) is 19.4 Å². The highest BCUT2D eigenvalue weighted by atomic mass is 16.5. The van der Waals surface area contributed by atoms with Crippen LogP contribution in [0.2, 0.25) is 0 Å². The van der Waals surface area contributed by atoms with Gasteiger partial charge in [-0.25, -0.2) is 0 Å². The van der Waals surface area contributed by atoms with Gasteiger partial charge in [0.1, 0.15) is 0 Å². The number of carbonyl (C=O) groups excluding carboxylic acids is 1. The Labute approximate surface area is 108 Å². The minimum atomic E-state index is -0.835. The van der Waals surface area contributed by atoms with Crippen LogP contribution in [-0.4, -0.2) is 48.7 Å². The predicted octanol–water partition coefficient (Wildman–Crippen LogP) is 1.51. The molecule has 1 atom stereocenters. The summed E-state index contributed by atoms with van der Waals surface area (Å²) in [5, 5.41) is 9.34. The lowest BCUT2D eigenvalue weighted by molar-refractivity contribution is -0.153. The number of nitrogens with zero attached hydrogens (tertiary/aromatic N) is 1. The topological polar surface area (TPSA) is 66.8 Å². The summed E-state index contributed by atoms with van der Waals surface area (Å²) < 4.78 is 5.01. The number of hydrogen-bond donors (Lipinski definition) is 1. The van der Waals surface area contributed by atoms with Crippen molar-refractivity contribution in [3.05, 3.63) is 0 Å². The molecule has 0 aromatic carbocycles. The molecule has 0 heterocycles. The minimum Gasteiger partial charge on any atom is -0.481 e. The number of carboxylic acid groups (broad SMARTS) is 1. The molecule has 18 heavy (non-hydrogen) atoms. The van der Waals surface area contributed by atoms with Gasteiger partial charge in [0.15, 0.2) is 0 Å². The average Bonchev–Trinajstić information content (AvgIpc) is 2.78. The highest BCUT2D eigenvalue weighted by molar-refractivity contribution is 5.85. The zero-order chi connectivity index (χ0) is 13.8. The number of rotatable bonds is 6. The van der Waals surface area contributed by atoms with Crippen LogP contribution in [-0.2, 0) is 14.3 Å². The molecule has 1 saturated carbocycles. The van der Waals surface area contributed by atoms with Crippen molar-refractivity contribution in [3.63, 3.8) is 0 Å². The lowest BCUT2D eigenvalue weighted by Gasteiger charge is -2.29. The van der Waals surface area contributed by atoms with Gasteiger partial charge in [0.25, 0.3) is 0 Å². The summed E-state index contributed by atoms with van der Waals surface area (Å²) in [5.74, 6) is -0.940. The smallest absolute Gasteiger partial charge is 0.310 e. The second-order valence-corrected chi connectivity index (χ2v) is 5.28. The van der Waals surface area contributed by atoms with Crippen LogP contribution in [0.15, 0.2) is 0 Å². The summed E-state index contributed by atoms with van der Waals surface area (Å²) in [6, 6.07) is -0.0326. The summed E-state index contributed by atoms with van der Waals surface area (Å²) >= 11 is 0. The van der Waals surface area contributed by atoms with Gasteiger partial charge in [-0.05, 0) is 19.8 Å². The minimum absolute atomic E-state index is 0.0326. The highest BCUT2D eigenvalue weighted by Crippen LogP contribution is 2.41. The van der Waals surface area contributed by atoms with Gasteiger partial charge in [-0.2, -0.15) is 0 Å². The van der Waals surface area contributed by atoms with Gasteiger partial charge in [-0.1, -0.05) is 12.8 Å². The van der Waals surface area contributed by atoms with E-state index in [1.54, 1.807) is 19.1 Å². The molecule has 5 nitrogen and oxygen atoms in total. The molecule has 104 valence electrons. The van der Waals surface area contributed by atoms with Crippen molar-refractivity contribution in [1.82, 2.24) is 4.90 Å². The van der Waals surface area contributed by atoms with Gasteiger partial charge in [-0.15, -0.1) is 0 Å². The van der Waals surface area contributed by atoms with Crippen LogP contribution >= 0.6 is 0 Å². The van der Waals surface area contributed by atoms with E-state index in [4.69, 9.17) is 4.74 Å². The number of carboxylic acids is 1. The molecule has 0 radical (unpaired) electrons. The number of hydrogen-bond acceptors (Lipinski definition) is 3. The number of amides is 1. The maximum absolute atomic E-state index is 12.1. The Bertz CT molecular complexity index is 310. The summed E-state index contributed by atoms with van der Waals surface area (Å²) in [4.78, 5) is 25.1. The Morgan fingerprint density at radius 3 is 2.39 bits per heavy atom. The highest BCUT2D eigenvalue weighted by Gasteiger charge is 2.43. The van der Waals surface area contributed by atoms with Gasteiger partial charge in [-0.3, -0.25) is 9.59 Å². The molecule has 0 spiro atoms. The van der Waals surface area contributed by atoms with Gasteiger partial charge in [0, 0.05) is 20.6 Å². The Morgan fingerprint density at radius 1 is 1.39 bits per heavy atom. The third-order valence-corrected chi connectivity index (χ3v) is 3.97. The van der Waals surface area contributed by atoms with Gasteiger partial charge < -0.3 is 14.7 Å². The SMILES string of the molecule is COCC(C)N(C)C(=O)CC1(C(=O)O)CCCC1. The predicted molar refractivity (Wildman–Crippen MR) is 67.3 cm³/mol. The molecule has 1 unspecified atom stereocenters. The molecule has 1 rings (SSSR count). The zero-order valence-corrected chi connectivity index (χ0v) is 11.4. The first-order chi connectivity index (χ1) is 8.43. The lowest BCUT2D eigenvalue weighted by Crippen LogP contribution is -2.42. The Balaban J connectivity index is 2.65. The van der Waals surface area contributed by atoms with Crippen molar-refractivity contribution in [3.8, 4) is 0 Å². The summed E-state index contributed by atoms with van der Waals surface area (Å²) in [6.45, 7) is 2.35. The molecular weight excluding hydrogens is 234 g/mol. The quantitative estimate of drug-likeness (QED) is 0.783. The monoisotopic (exact) mass is 257 g/mol. The second kappa shape index (κ2) is 6.18. The van der Waals surface area contributed by atoms with E-state index in [9.17, 15) is 14.7 Å². The van der Waals surface area contributed by atoms with Crippen molar-refractivity contribution in [2.45, 2.75) is 45.1 Å². The van der Waals surface area contributed by atoms with Crippen LogP contribution < -0.4 is 0 Å². The van der Waals surface area contributed by atoms with E-state index < -0.39 is 11.4 Å². The van der Waals surface area contributed by atoms with Crippen molar-refractivity contribution in [2.75, 3.05) is 20.8 Å². The van der Waals surface area contributed by atoms with E-state index in [1.165, 1.54) is 0 Å². The average molecular weight is 257 g/mol. The molecule has 1 N–H and O–H groups in total. The fourth-order valence-electron chi connectivity index (χ4n) is 2.53. The Hall–Kier alpha value is -1.10. The molecule has 0 bridgehead atoms. The van der Waals surface area contributed by atoms with Gasteiger partial charge in [0.05, 0.1) is 18.1 Å². The Morgan fingerprint density at radius 2 is 1.94 bits per heavy atom. The summed E-state index contributed by atoms with van der Waals surface area (Å²) in [7, 11) is 3.29. The molecule has 1 aliphatic carbocycles. The van der Waals surface area contributed by atoms with E-state index in [2.05, 4.69) is 0 Å². The van der Waals surface area contributed by atoms with Gasteiger partial charge >= 0.3 is 5.97 Å². The van der Waals surface area contributed by atoms with E-state index in [1.807, 2.05) is 6.92 Å². The van der Waals surface area contributed by atoms with E-state index in [-0.39, 0.29) is 18.4 Å². The van der Waals surface area contributed by atoms with Crippen LogP contribution in [0.1, 0.15) is 39.0 Å². The molecule has 1 fully saturated rings.